The first-order valence-electron chi connectivity index (χ1n) is 11.2. The topological polar surface area (TPSA) is 65.7 Å². The normalized spacial score (nSPS) is 15.4. The van der Waals surface area contributed by atoms with Crippen LogP contribution < -0.4 is 0 Å². The lowest BCUT2D eigenvalue weighted by Gasteiger charge is -2.33. The second-order valence-corrected chi connectivity index (χ2v) is 9.81. The third kappa shape index (κ3) is 5.03. The Morgan fingerprint density at radius 3 is 2.40 bits per heavy atom. The number of aryl methyl sites for hydroxylation is 2. The van der Waals surface area contributed by atoms with Gasteiger partial charge >= 0.3 is 6.18 Å². The Labute approximate surface area is 210 Å². The third-order valence-electron chi connectivity index (χ3n) is 6.82. The molecule has 0 saturated carbocycles. The zero-order valence-corrected chi connectivity index (χ0v) is 20.7. The van der Waals surface area contributed by atoms with Crippen LogP contribution in [-0.2, 0) is 19.6 Å². The number of amides is 1. The van der Waals surface area contributed by atoms with Crippen molar-refractivity contribution in [2.75, 3.05) is 13.1 Å². The van der Waals surface area contributed by atoms with Crippen LogP contribution in [0.2, 0.25) is 10.0 Å². The molecule has 2 aromatic carbocycles. The number of alkyl halides is 3. The van der Waals surface area contributed by atoms with Crippen LogP contribution in [-0.4, -0.2) is 45.0 Å². The summed E-state index contributed by atoms with van der Waals surface area (Å²) in [7, 11) is 1.69. The molecule has 10 heteroatoms. The second kappa shape index (κ2) is 9.65. The monoisotopic (exact) mass is 528 g/mol. The molecule has 1 amide bonds. The van der Waals surface area contributed by atoms with E-state index < -0.39 is 18.0 Å². The van der Waals surface area contributed by atoms with E-state index >= 15 is 0 Å². The minimum absolute atomic E-state index is 0.199. The Morgan fingerprint density at radius 2 is 1.80 bits per heavy atom. The van der Waals surface area contributed by atoms with Crippen molar-refractivity contribution in [3.63, 3.8) is 0 Å². The lowest BCUT2D eigenvalue weighted by atomic mass is 9.95. The maximum absolute atomic E-state index is 13.3. The van der Waals surface area contributed by atoms with Crippen molar-refractivity contribution in [3.8, 4) is 0 Å². The summed E-state index contributed by atoms with van der Waals surface area (Å²) in [4.78, 5) is 14.8. The highest BCUT2D eigenvalue weighted by atomic mass is 35.5. The van der Waals surface area contributed by atoms with Gasteiger partial charge in [-0.1, -0.05) is 23.2 Å². The van der Waals surface area contributed by atoms with E-state index in [-0.39, 0.29) is 28.8 Å². The molecule has 5 nitrogen and oxygen atoms in total. The number of aliphatic hydroxyl groups is 2. The van der Waals surface area contributed by atoms with Crippen molar-refractivity contribution in [1.29, 1.82) is 0 Å². The Bertz CT molecular complexity index is 1280. The molecule has 3 aromatic rings. The van der Waals surface area contributed by atoms with Crippen LogP contribution in [0.1, 0.15) is 45.6 Å². The quantitative estimate of drug-likeness (QED) is 0.435. The van der Waals surface area contributed by atoms with Gasteiger partial charge in [-0.15, -0.1) is 0 Å². The number of aromatic nitrogens is 1. The highest BCUT2D eigenvalue weighted by Crippen LogP contribution is 2.36. The first kappa shape index (κ1) is 25.8. The number of hydrogen-bond donors (Lipinski definition) is 2. The van der Waals surface area contributed by atoms with Crippen molar-refractivity contribution in [1.82, 2.24) is 9.47 Å². The predicted molar refractivity (Wildman–Crippen MR) is 129 cm³/mol. The molecule has 0 atom stereocenters. The molecule has 2 N–H and O–H groups in total. The predicted octanol–water partition coefficient (Wildman–Crippen LogP) is 5.57. The summed E-state index contributed by atoms with van der Waals surface area (Å²) in [6.45, 7) is 2.39. The average Bonchev–Trinajstić information content (AvgIpc) is 3.11. The average molecular weight is 529 g/mol. The molecule has 1 aromatic heterocycles. The number of nitrogens with zero attached hydrogens (tertiary/aromatic N) is 2. The molecule has 1 aliphatic rings. The molecule has 2 heterocycles. The van der Waals surface area contributed by atoms with Crippen molar-refractivity contribution in [3.05, 3.63) is 68.3 Å². The number of rotatable bonds is 4. The zero-order valence-electron chi connectivity index (χ0n) is 19.2. The van der Waals surface area contributed by atoms with Crippen LogP contribution >= 0.6 is 23.2 Å². The molecule has 35 heavy (non-hydrogen) atoms. The summed E-state index contributed by atoms with van der Waals surface area (Å²) in [5.74, 6) is -0.551. The number of benzene rings is 2. The molecule has 1 fully saturated rings. The van der Waals surface area contributed by atoms with Crippen LogP contribution in [0.5, 0.6) is 0 Å². The molecule has 0 unspecified atom stereocenters. The van der Waals surface area contributed by atoms with Crippen LogP contribution in [0.4, 0.5) is 13.2 Å². The highest BCUT2D eigenvalue weighted by Gasteiger charge is 2.32. The van der Waals surface area contributed by atoms with E-state index in [1.807, 2.05) is 6.07 Å². The lowest BCUT2D eigenvalue weighted by molar-refractivity contribution is -0.137. The van der Waals surface area contributed by atoms with Gasteiger partial charge in [-0.25, -0.2) is 0 Å². The Morgan fingerprint density at radius 1 is 1.14 bits per heavy atom. The second-order valence-electron chi connectivity index (χ2n) is 9.03. The van der Waals surface area contributed by atoms with Gasteiger partial charge in [-0.05, 0) is 61.2 Å². The smallest absolute Gasteiger partial charge is 0.368 e. The molecule has 188 valence electrons. The minimum atomic E-state index is -4.45. The summed E-state index contributed by atoms with van der Waals surface area (Å²) >= 11 is 13.1. The number of likely N-dealkylation sites (tertiary alicyclic amines) is 1. The van der Waals surface area contributed by atoms with Crippen molar-refractivity contribution in [2.24, 2.45) is 13.0 Å². The van der Waals surface area contributed by atoms with Crippen molar-refractivity contribution in [2.45, 2.75) is 38.7 Å². The van der Waals surface area contributed by atoms with E-state index in [9.17, 15) is 28.2 Å². The van der Waals surface area contributed by atoms with Gasteiger partial charge in [0.2, 0.25) is 0 Å². The highest BCUT2D eigenvalue weighted by molar-refractivity contribution is 6.38. The van der Waals surface area contributed by atoms with Crippen LogP contribution in [0.25, 0.3) is 10.9 Å². The van der Waals surface area contributed by atoms with Crippen molar-refractivity contribution >= 4 is 40.0 Å². The van der Waals surface area contributed by atoms with E-state index in [4.69, 9.17) is 23.2 Å². The van der Waals surface area contributed by atoms with Gasteiger partial charge in [0, 0.05) is 54.1 Å². The molecule has 1 saturated heterocycles. The first-order valence-corrected chi connectivity index (χ1v) is 11.9. The van der Waals surface area contributed by atoms with E-state index in [1.165, 1.54) is 0 Å². The van der Waals surface area contributed by atoms with E-state index in [0.717, 1.165) is 12.1 Å². The maximum atomic E-state index is 13.3. The molecule has 0 spiro atoms. The zero-order chi connectivity index (χ0) is 25.7. The number of hydrogen-bond acceptors (Lipinski definition) is 3. The SMILES string of the molecule is Cc1cc(C(F)(F)F)cc2c1cc(Cc1c(Cl)ccc(C(=O)N3CCC(C(O)O)CC3)c1Cl)n2C. The number of piperidine rings is 1. The number of carbonyl (C=O) groups excluding carboxylic acids is 1. The molecular formula is C25H25Cl2F3N2O3. The largest absolute Gasteiger partial charge is 0.416 e. The number of carbonyl (C=O) groups is 1. The van der Waals surface area contributed by atoms with Gasteiger partial charge < -0.3 is 19.7 Å². The molecule has 0 radical (unpaired) electrons. The summed E-state index contributed by atoms with van der Waals surface area (Å²) in [5.41, 5.74) is 1.74. The van der Waals surface area contributed by atoms with Gasteiger partial charge in [-0.3, -0.25) is 4.79 Å². The summed E-state index contributed by atoms with van der Waals surface area (Å²) in [5, 5.41) is 20.0. The Hall–Kier alpha value is -2.26. The molecule has 0 bridgehead atoms. The number of aliphatic hydroxyl groups excluding tert-OH is 1. The standard InChI is InChI=1S/C25H25Cl2F3N2O3/c1-13-9-15(25(28,29)30)10-21-18(13)11-16(31(21)2)12-19-20(26)4-3-17(22(19)27)23(33)32-7-5-14(6-8-32)24(34)35/h3-4,9-11,14,24,34-35H,5-8,12H2,1-2H3. The number of fused-ring (bicyclic) bond motifs is 1. The van der Waals surface area contributed by atoms with Gasteiger partial charge in [-0.2, -0.15) is 13.2 Å². The van der Waals surface area contributed by atoms with Crippen molar-refractivity contribution < 1.29 is 28.2 Å². The van der Waals surface area contributed by atoms with Crippen LogP contribution in [0.3, 0.4) is 0 Å². The number of halogens is 5. The van der Waals surface area contributed by atoms with E-state index in [0.29, 0.717) is 58.7 Å². The van der Waals surface area contributed by atoms with Crippen LogP contribution in [0.15, 0.2) is 30.3 Å². The third-order valence-corrected chi connectivity index (χ3v) is 7.60. The maximum Gasteiger partial charge on any atom is 0.416 e. The Balaban J connectivity index is 1.65. The summed E-state index contributed by atoms with van der Waals surface area (Å²) in [6, 6.07) is 7.23. The Kier molecular flexibility index (Phi) is 7.12. The van der Waals surface area contributed by atoms with Gasteiger partial charge in [0.1, 0.15) is 0 Å². The fourth-order valence-electron chi connectivity index (χ4n) is 4.67. The minimum Gasteiger partial charge on any atom is -0.368 e. The lowest BCUT2D eigenvalue weighted by Crippen LogP contribution is -2.41. The van der Waals surface area contributed by atoms with Gasteiger partial charge in [0.05, 0.1) is 16.1 Å². The molecule has 0 aliphatic carbocycles. The van der Waals surface area contributed by atoms with Gasteiger partial charge in [0.25, 0.3) is 5.91 Å². The van der Waals surface area contributed by atoms with E-state index in [1.54, 1.807) is 35.6 Å². The molecule has 1 aliphatic heterocycles. The first-order chi connectivity index (χ1) is 16.4. The fourth-order valence-corrected chi connectivity index (χ4v) is 5.26. The van der Waals surface area contributed by atoms with Gasteiger partial charge in [0.15, 0.2) is 6.29 Å². The molecular weight excluding hydrogens is 504 g/mol. The molecule has 4 rings (SSSR count). The fraction of sp³-hybridized carbons (Fsp3) is 0.400. The summed E-state index contributed by atoms with van der Waals surface area (Å²) in [6.07, 6.45) is -4.69. The summed E-state index contributed by atoms with van der Waals surface area (Å²) < 4.78 is 41.6. The van der Waals surface area contributed by atoms with Crippen LogP contribution in [0, 0.1) is 12.8 Å². The van der Waals surface area contributed by atoms with E-state index in [2.05, 4.69) is 0 Å².